The number of nitrogens with one attached hydrogen (secondary N) is 1. The Labute approximate surface area is 156 Å². The van der Waals surface area contributed by atoms with Crippen molar-refractivity contribution < 1.29 is 4.74 Å². The molecule has 0 unspecified atom stereocenters. The van der Waals surface area contributed by atoms with E-state index in [2.05, 4.69) is 20.9 Å². The highest BCUT2D eigenvalue weighted by atomic mass is 35.5. The van der Waals surface area contributed by atoms with Gasteiger partial charge in [0.1, 0.15) is 18.1 Å². The summed E-state index contributed by atoms with van der Waals surface area (Å²) in [6.45, 7) is 0.425. The number of guanidine groups is 1. The summed E-state index contributed by atoms with van der Waals surface area (Å²) in [4.78, 5) is 9.18. The van der Waals surface area contributed by atoms with Crippen molar-refractivity contribution in [1.29, 1.82) is 0 Å². The molecule has 0 bridgehead atoms. The van der Waals surface area contributed by atoms with Crippen LogP contribution in [0.25, 0.3) is 11.0 Å². The highest BCUT2D eigenvalue weighted by molar-refractivity contribution is 6.32. The van der Waals surface area contributed by atoms with Gasteiger partial charge < -0.3 is 20.4 Å². The van der Waals surface area contributed by atoms with Crippen molar-refractivity contribution in [3.05, 3.63) is 53.3 Å². The van der Waals surface area contributed by atoms with Crippen LogP contribution in [0.3, 0.4) is 0 Å². The molecule has 0 radical (unpaired) electrons. The quantitative estimate of drug-likeness (QED) is 0.527. The highest BCUT2D eigenvalue weighted by Crippen LogP contribution is 2.38. The maximum absolute atomic E-state index is 6.13. The second-order valence-corrected chi connectivity index (χ2v) is 6.70. The van der Waals surface area contributed by atoms with E-state index in [4.69, 9.17) is 27.1 Å². The molecule has 4 rings (SSSR count). The highest BCUT2D eigenvalue weighted by Gasteiger charge is 2.27. The van der Waals surface area contributed by atoms with E-state index in [9.17, 15) is 0 Å². The summed E-state index contributed by atoms with van der Waals surface area (Å²) in [7, 11) is 1.58. The molecule has 26 heavy (non-hydrogen) atoms. The fraction of sp³-hybridized carbons (Fsp3) is 0.263. The lowest BCUT2D eigenvalue weighted by Gasteiger charge is -2.09. The van der Waals surface area contributed by atoms with E-state index in [0.29, 0.717) is 29.3 Å². The van der Waals surface area contributed by atoms with Crippen LogP contribution in [0.5, 0.6) is 5.75 Å². The number of nitrogens with zero attached hydrogens (tertiary/aromatic N) is 3. The maximum Gasteiger partial charge on any atom is 0.193 e. The molecule has 1 saturated carbocycles. The fourth-order valence-corrected chi connectivity index (χ4v) is 3.29. The van der Waals surface area contributed by atoms with Gasteiger partial charge in [-0.25, -0.2) is 9.98 Å². The molecule has 0 aliphatic heterocycles. The van der Waals surface area contributed by atoms with Crippen LogP contribution in [0, 0.1) is 0 Å². The van der Waals surface area contributed by atoms with Crippen molar-refractivity contribution in [3.8, 4) is 5.75 Å². The normalized spacial score (nSPS) is 14.6. The topological polar surface area (TPSA) is 77.5 Å². The molecule has 6 nitrogen and oxygen atoms in total. The number of ether oxygens (including phenoxy) is 1. The number of fused-ring (bicyclic) bond motifs is 1. The first-order valence-corrected chi connectivity index (χ1v) is 8.90. The first-order valence-electron chi connectivity index (χ1n) is 8.52. The maximum atomic E-state index is 6.13. The smallest absolute Gasteiger partial charge is 0.193 e. The number of rotatable bonds is 5. The van der Waals surface area contributed by atoms with Crippen molar-refractivity contribution >= 4 is 34.3 Å². The van der Waals surface area contributed by atoms with Gasteiger partial charge in [-0.2, -0.15) is 0 Å². The minimum atomic E-state index is 0.320. The van der Waals surface area contributed by atoms with E-state index in [1.54, 1.807) is 19.2 Å². The molecule has 2 aromatic carbocycles. The zero-order chi connectivity index (χ0) is 18.1. The number of imidazole rings is 1. The Morgan fingerprint density at radius 2 is 2.15 bits per heavy atom. The van der Waals surface area contributed by atoms with Crippen molar-refractivity contribution in [3.63, 3.8) is 0 Å². The van der Waals surface area contributed by atoms with Crippen LogP contribution < -0.4 is 15.8 Å². The number of methoxy groups -OCH3 is 1. The van der Waals surface area contributed by atoms with E-state index in [0.717, 1.165) is 22.5 Å². The predicted octanol–water partition coefficient (Wildman–Crippen LogP) is 3.96. The van der Waals surface area contributed by atoms with E-state index in [1.165, 1.54) is 12.8 Å². The van der Waals surface area contributed by atoms with Gasteiger partial charge in [-0.1, -0.05) is 23.7 Å². The molecule has 7 heteroatoms. The molecule has 3 aromatic rings. The van der Waals surface area contributed by atoms with Gasteiger partial charge in [0.2, 0.25) is 0 Å². The summed E-state index contributed by atoms with van der Waals surface area (Å²) in [5.74, 6) is 1.87. The van der Waals surface area contributed by atoms with Crippen LogP contribution in [0.15, 0.2) is 47.5 Å². The van der Waals surface area contributed by atoms with Crippen LogP contribution in [-0.2, 0) is 6.54 Å². The Morgan fingerprint density at radius 1 is 1.35 bits per heavy atom. The van der Waals surface area contributed by atoms with Crippen molar-refractivity contribution in [2.45, 2.75) is 25.4 Å². The van der Waals surface area contributed by atoms with Gasteiger partial charge in [-0.05, 0) is 43.2 Å². The molecular weight excluding hydrogens is 350 g/mol. The Hall–Kier alpha value is -2.73. The molecule has 0 saturated heterocycles. The minimum absolute atomic E-state index is 0.320. The first-order chi connectivity index (χ1) is 12.7. The number of hydrogen-bond acceptors (Lipinski definition) is 3. The summed E-state index contributed by atoms with van der Waals surface area (Å²) in [6.07, 6.45) is 2.38. The van der Waals surface area contributed by atoms with E-state index in [1.807, 2.05) is 24.3 Å². The van der Waals surface area contributed by atoms with Crippen LogP contribution in [0.2, 0.25) is 5.02 Å². The van der Waals surface area contributed by atoms with Gasteiger partial charge in [-0.3, -0.25) is 0 Å². The lowest BCUT2D eigenvalue weighted by Crippen LogP contribution is -2.22. The monoisotopic (exact) mass is 369 g/mol. The van der Waals surface area contributed by atoms with Crippen LogP contribution >= 0.6 is 11.6 Å². The third kappa shape index (κ3) is 3.32. The van der Waals surface area contributed by atoms with E-state index < -0.39 is 0 Å². The summed E-state index contributed by atoms with van der Waals surface area (Å²) in [5, 5.41) is 3.57. The SMILES string of the molecule is COc1ccc(NC(N)=NCc2nc3ccccc3n2C2CC2)cc1Cl. The van der Waals surface area contributed by atoms with Gasteiger partial charge in [0.25, 0.3) is 0 Å². The van der Waals surface area contributed by atoms with Crippen LogP contribution in [0.1, 0.15) is 24.7 Å². The standard InChI is InChI=1S/C19H20ClN5O/c1-26-17-9-6-12(10-14(17)20)23-19(21)22-11-18-24-15-4-2-3-5-16(15)25(18)13-7-8-13/h2-6,9-10,13H,7-8,11H2,1H3,(H3,21,22,23). The molecule has 1 heterocycles. The molecule has 134 valence electrons. The molecule has 1 aliphatic rings. The zero-order valence-corrected chi connectivity index (χ0v) is 15.2. The molecule has 1 aromatic heterocycles. The number of hydrogen-bond donors (Lipinski definition) is 2. The molecule has 0 amide bonds. The second-order valence-electron chi connectivity index (χ2n) is 6.29. The number of aromatic nitrogens is 2. The molecule has 1 aliphatic carbocycles. The molecule has 3 N–H and O–H groups in total. The summed E-state index contributed by atoms with van der Waals surface area (Å²) in [5.41, 5.74) is 8.95. The van der Waals surface area contributed by atoms with Gasteiger partial charge in [0.15, 0.2) is 5.96 Å². The fourth-order valence-electron chi connectivity index (χ4n) is 3.03. The molecule has 0 atom stereocenters. The third-order valence-corrected chi connectivity index (χ3v) is 4.69. The molecule has 1 fully saturated rings. The van der Waals surface area contributed by atoms with Crippen molar-refractivity contribution in [1.82, 2.24) is 9.55 Å². The molecular formula is C19H20ClN5O. The van der Waals surface area contributed by atoms with E-state index in [-0.39, 0.29) is 0 Å². The second kappa shape index (κ2) is 6.88. The van der Waals surface area contributed by atoms with Gasteiger partial charge in [0, 0.05) is 11.7 Å². The summed E-state index contributed by atoms with van der Waals surface area (Å²) in [6, 6.07) is 14.1. The van der Waals surface area contributed by atoms with Gasteiger partial charge in [0.05, 0.1) is 23.2 Å². The number of benzene rings is 2. The van der Waals surface area contributed by atoms with Crippen molar-refractivity contribution in [2.75, 3.05) is 12.4 Å². The average Bonchev–Trinajstić information content (AvgIpc) is 3.40. The Morgan fingerprint density at radius 3 is 2.88 bits per heavy atom. The lowest BCUT2D eigenvalue weighted by atomic mass is 10.3. The largest absolute Gasteiger partial charge is 0.495 e. The minimum Gasteiger partial charge on any atom is -0.495 e. The summed E-state index contributed by atoms with van der Waals surface area (Å²) >= 11 is 6.13. The zero-order valence-electron chi connectivity index (χ0n) is 14.4. The number of para-hydroxylation sites is 2. The number of nitrogens with two attached hydrogens (primary N) is 1. The Kier molecular flexibility index (Phi) is 4.42. The lowest BCUT2D eigenvalue weighted by molar-refractivity contribution is 0.415. The third-order valence-electron chi connectivity index (χ3n) is 4.40. The first kappa shape index (κ1) is 16.7. The predicted molar refractivity (Wildman–Crippen MR) is 105 cm³/mol. The van der Waals surface area contributed by atoms with Gasteiger partial charge in [-0.15, -0.1) is 0 Å². The number of aliphatic imine (C=N–C) groups is 1. The van der Waals surface area contributed by atoms with Gasteiger partial charge >= 0.3 is 0 Å². The number of halogens is 1. The summed E-state index contributed by atoms with van der Waals surface area (Å²) < 4.78 is 7.44. The van der Waals surface area contributed by atoms with Crippen molar-refractivity contribution in [2.24, 2.45) is 10.7 Å². The Balaban J connectivity index is 1.53. The van der Waals surface area contributed by atoms with Crippen LogP contribution in [-0.4, -0.2) is 22.6 Å². The average molecular weight is 370 g/mol. The Bertz CT molecular complexity index is 977. The number of anilines is 1. The van der Waals surface area contributed by atoms with E-state index >= 15 is 0 Å². The molecule has 0 spiro atoms. The van der Waals surface area contributed by atoms with Crippen LogP contribution in [0.4, 0.5) is 5.69 Å².